The molecule has 0 bridgehead atoms. The second-order valence-corrected chi connectivity index (χ2v) is 11.1. The Morgan fingerprint density at radius 1 is 1.00 bits per heavy atom. The second kappa shape index (κ2) is 11.1. The highest BCUT2D eigenvalue weighted by molar-refractivity contribution is 7.98. The summed E-state index contributed by atoms with van der Waals surface area (Å²) in [5, 5.41) is 14.3. The van der Waals surface area contributed by atoms with E-state index in [1.165, 1.54) is 24.2 Å². The van der Waals surface area contributed by atoms with Crippen molar-refractivity contribution in [3.8, 4) is 11.3 Å². The minimum atomic E-state index is 0.0277. The number of aromatic nitrogens is 4. The van der Waals surface area contributed by atoms with Crippen molar-refractivity contribution in [2.45, 2.75) is 56.5 Å². The largest absolute Gasteiger partial charge is 0.352 e. The summed E-state index contributed by atoms with van der Waals surface area (Å²) in [5.41, 5.74) is 4.97. The summed E-state index contributed by atoms with van der Waals surface area (Å²) in [6.45, 7) is 2.32. The van der Waals surface area contributed by atoms with Crippen LogP contribution in [-0.4, -0.2) is 38.0 Å². The van der Waals surface area contributed by atoms with Crippen molar-refractivity contribution in [2.24, 2.45) is 0 Å². The number of fused-ring (bicyclic) bond motifs is 2. The van der Waals surface area contributed by atoms with Crippen molar-refractivity contribution < 1.29 is 4.79 Å². The van der Waals surface area contributed by atoms with Crippen LogP contribution in [-0.2, 0) is 11.3 Å². The van der Waals surface area contributed by atoms with E-state index >= 15 is 0 Å². The fraction of sp³-hybridized carbons (Fsp3) is 0.290. The Morgan fingerprint density at radius 2 is 1.82 bits per heavy atom. The van der Waals surface area contributed by atoms with E-state index in [4.69, 9.17) is 4.98 Å². The molecule has 3 aromatic heterocycles. The quantitative estimate of drug-likeness (QED) is 0.221. The maximum atomic E-state index is 12.7. The third-order valence-electron chi connectivity index (χ3n) is 7.62. The maximum absolute atomic E-state index is 12.7. The molecule has 198 valence electrons. The molecule has 1 fully saturated rings. The fourth-order valence-corrected chi connectivity index (χ4v) is 5.91. The van der Waals surface area contributed by atoms with Crippen LogP contribution < -0.4 is 10.6 Å². The van der Waals surface area contributed by atoms with Gasteiger partial charge in [-0.25, -0.2) is 4.98 Å². The van der Waals surface area contributed by atoms with Gasteiger partial charge in [0.05, 0.1) is 17.4 Å². The third kappa shape index (κ3) is 5.34. The van der Waals surface area contributed by atoms with E-state index in [1.54, 1.807) is 16.4 Å². The number of benzene rings is 2. The van der Waals surface area contributed by atoms with E-state index in [9.17, 15) is 4.79 Å². The second-order valence-electron chi connectivity index (χ2n) is 10.2. The van der Waals surface area contributed by atoms with Gasteiger partial charge in [0, 0.05) is 50.7 Å². The molecule has 3 heterocycles. The van der Waals surface area contributed by atoms with Crippen LogP contribution in [0.3, 0.4) is 0 Å². The van der Waals surface area contributed by atoms with Crippen molar-refractivity contribution in [1.29, 1.82) is 0 Å². The molecule has 0 atom stereocenters. The Labute approximate surface area is 232 Å². The number of hydrogen-bond acceptors (Lipinski definition) is 6. The number of anilines is 2. The normalized spacial score (nSPS) is 14.1. The molecule has 7 nitrogen and oxygen atoms in total. The first-order chi connectivity index (χ1) is 19.1. The first-order valence-corrected chi connectivity index (χ1v) is 14.7. The van der Waals surface area contributed by atoms with E-state index in [0.717, 1.165) is 62.8 Å². The zero-order chi connectivity index (χ0) is 26.8. The van der Waals surface area contributed by atoms with Gasteiger partial charge in [-0.05, 0) is 74.0 Å². The number of rotatable bonds is 7. The van der Waals surface area contributed by atoms with Crippen LogP contribution in [0, 0.1) is 6.92 Å². The summed E-state index contributed by atoms with van der Waals surface area (Å²) in [6, 6.07) is 16.8. The van der Waals surface area contributed by atoms with Gasteiger partial charge in [0.25, 0.3) is 0 Å². The average Bonchev–Trinajstić information content (AvgIpc) is 3.37. The summed E-state index contributed by atoms with van der Waals surface area (Å²) in [6.07, 6.45) is 13.4. The molecule has 0 aliphatic heterocycles. The van der Waals surface area contributed by atoms with Gasteiger partial charge in [-0.2, -0.15) is 5.10 Å². The van der Waals surface area contributed by atoms with E-state index in [1.807, 2.05) is 30.7 Å². The average molecular weight is 537 g/mol. The highest BCUT2D eigenvalue weighted by atomic mass is 32.2. The molecule has 0 radical (unpaired) electrons. The first-order valence-electron chi connectivity index (χ1n) is 13.5. The monoisotopic (exact) mass is 536 g/mol. The van der Waals surface area contributed by atoms with Crippen LogP contribution >= 0.6 is 11.8 Å². The molecule has 39 heavy (non-hydrogen) atoms. The van der Waals surface area contributed by atoms with Gasteiger partial charge >= 0.3 is 0 Å². The summed E-state index contributed by atoms with van der Waals surface area (Å²) < 4.78 is 1.80. The summed E-state index contributed by atoms with van der Waals surface area (Å²) in [7, 11) is 0. The van der Waals surface area contributed by atoms with Gasteiger partial charge in [0.15, 0.2) is 0 Å². The van der Waals surface area contributed by atoms with Crippen molar-refractivity contribution in [3.63, 3.8) is 0 Å². The molecule has 0 unspecified atom stereocenters. The zero-order valence-corrected chi connectivity index (χ0v) is 23.1. The number of carbonyl (C=O) groups excluding carboxylic acids is 1. The summed E-state index contributed by atoms with van der Waals surface area (Å²) in [5.74, 6) is 0.796. The molecule has 1 aliphatic carbocycles. The molecule has 2 N–H and O–H groups in total. The number of nitrogens with one attached hydrogen (secondary N) is 2. The van der Waals surface area contributed by atoms with E-state index in [2.05, 4.69) is 70.3 Å². The number of amides is 1. The first kappa shape index (κ1) is 25.4. The van der Waals surface area contributed by atoms with Crippen LogP contribution in [0.15, 0.2) is 72.0 Å². The van der Waals surface area contributed by atoms with Crippen molar-refractivity contribution in [2.75, 3.05) is 11.6 Å². The SMILES string of the molecule is CSc1ccc(Nc2cc3c(-c4ccc5c(cnn5CC(=O)NC5CCCCC5)c4C)nccc3cn2)cc1. The Hall–Kier alpha value is -3.91. The van der Waals surface area contributed by atoms with E-state index in [-0.39, 0.29) is 12.5 Å². The Morgan fingerprint density at radius 3 is 2.62 bits per heavy atom. The summed E-state index contributed by atoms with van der Waals surface area (Å²) in [4.78, 5) is 23.4. The van der Waals surface area contributed by atoms with E-state index < -0.39 is 0 Å². The molecule has 2 aromatic carbocycles. The Bertz CT molecular complexity index is 1640. The Kier molecular flexibility index (Phi) is 7.20. The summed E-state index contributed by atoms with van der Waals surface area (Å²) >= 11 is 1.72. The molecule has 0 spiro atoms. The van der Waals surface area contributed by atoms with Gasteiger partial charge in [-0.3, -0.25) is 14.5 Å². The number of aryl methyl sites for hydroxylation is 1. The van der Waals surface area contributed by atoms with Crippen LogP contribution in [0.4, 0.5) is 11.5 Å². The van der Waals surface area contributed by atoms with Crippen LogP contribution in [0.1, 0.15) is 37.7 Å². The van der Waals surface area contributed by atoms with Crippen molar-refractivity contribution in [1.82, 2.24) is 25.1 Å². The molecule has 6 rings (SSSR count). The number of thioether (sulfide) groups is 1. The lowest BCUT2D eigenvalue weighted by molar-refractivity contribution is -0.122. The van der Waals surface area contributed by atoms with Crippen molar-refractivity contribution in [3.05, 3.63) is 72.7 Å². The minimum Gasteiger partial charge on any atom is -0.352 e. The smallest absolute Gasteiger partial charge is 0.241 e. The van der Waals surface area contributed by atoms with Crippen LogP contribution in [0.2, 0.25) is 0 Å². The highest BCUT2D eigenvalue weighted by Crippen LogP contribution is 2.34. The van der Waals surface area contributed by atoms with Gasteiger partial charge in [0.1, 0.15) is 12.4 Å². The standard InChI is InChI=1S/C31H32N6OS/c1-20-25(12-13-28-27(20)18-34-37(28)19-30(38)36-22-6-4-3-5-7-22)31-26-16-29(33-17-21(26)14-15-32-31)35-23-8-10-24(39-2)11-9-23/h8-18,22H,3-7,19H2,1-2H3,(H,33,35)(H,36,38). The number of pyridine rings is 2. The third-order valence-corrected chi connectivity index (χ3v) is 8.37. The van der Waals surface area contributed by atoms with Gasteiger partial charge in [0.2, 0.25) is 5.91 Å². The number of hydrogen-bond donors (Lipinski definition) is 2. The predicted molar refractivity (Wildman–Crippen MR) is 160 cm³/mol. The predicted octanol–water partition coefficient (Wildman–Crippen LogP) is 6.87. The lowest BCUT2D eigenvalue weighted by Crippen LogP contribution is -2.38. The molecule has 1 aliphatic rings. The molecule has 1 saturated carbocycles. The molecule has 1 amide bonds. The van der Waals surface area contributed by atoms with Gasteiger partial charge < -0.3 is 10.6 Å². The van der Waals surface area contributed by atoms with Gasteiger partial charge in [-0.15, -0.1) is 11.8 Å². The molecular weight excluding hydrogens is 504 g/mol. The van der Waals surface area contributed by atoms with Crippen LogP contribution in [0.5, 0.6) is 0 Å². The van der Waals surface area contributed by atoms with Crippen LogP contribution in [0.25, 0.3) is 32.9 Å². The zero-order valence-electron chi connectivity index (χ0n) is 22.3. The fourth-order valence-electron chi connectivity index (χ4n) is 5.50. The topological polar surface area (TPSA) is 84.7 Å². The molecule has 8 heteroatoms. The molecular formula is C31H32N6OS. The number of nitrogens with zero attached hydrogens (tertiary/aromatic N) is 4. The molecule has 0 saturated heterocycles. The minimum absolute atomic E-state index is 0.0277. The van der Waals surface area contributed by atoms with Gasteiger partial charge in [-0.1, -0.05) is 25.3 Å². The van der Waals surface area contributed by atoms with Crippen molar-refractivity contribution >= 4 is 50.8 Å². The maximum Gasteiger partial charge on any atom is 0.241 e. The number of carbonyl (C=O) groups is 1. The lowest BCUT2D eigenvalue weighted by atomic mass is 9.95. The van der Waals surface area contributed by atoms with E-state index in [0.29, 0.717) is 6.04 Å². The molecule has 5 aromatic rings. The lowest BCUT2D eigenvalue weighted by Gasteiger charge is -2.22. The highest BCUT2D eigenvalue weighted by Gasteiger charge is 2.18. The Balaban J connectivity index is 1.29.